The van der Waals surface area contributed by atoms with Crippen molar-refractivity contribution in [2.45, 2.75) is 46.1 Å². The largest absolute Gasteiger partial charge is 0.474 e. The molecule has 0 aromatic heterocycles. The molecule has 18 heavy (non-hydrogen) atoms. The Morgan fingerprint density at radius 2 is 2.06 bits per heavy atom. The second-order valence-electron chi connectivity index (χ2n) is 6.00. The van der Waals surface area contributed by atoms with Crippen LogP contribution in [0.3, 0.4) is 0 Å². The number of hydrogen-bond donors (Lipinski definition) is 0. The van der Waals surface area contributed by atoms with Crippen LogP contribution in [-0.4, -0.2) is 12.1 Å². The first kappa shape index (κ1) is 13.0. The molecule has 1 aromatic carbocycles. The van der Waals surface area contributed by atoms with E-state index in [1.54, 1.807) is 0 Å². The van der Waals surface area contributed by atoms with Gasteiger partial charge in [0, 0.05) is 12.2 Å². The first-order valence-corrected chi connectivity index (χ1v) is 6.62. The van der Waals surface area contributed by atoms with Crippen LogP contribution in [0.5, 0.6) is 0 Å². The first-order chi connectivity index (χ1) is 8.37. The number of anilines is 1. The SMILES string of the molecule is C=C(OC(C)(C)C)N1CCCc2cc(C)ccc21. The summed E-state index contributed by atoms with van der Waals surface area (Å²) in [4.78, 5) is 2.20. The van der Waals surface area contributed by atoms with Gasteiger partial charge in [0.25, 0.3) is 0 Å². The molecule has 2 nitrogen and oxygen atoms in total. The van der Waals surface area contributed by atoms with Crippen molar-refractivity contribution in [2.75, 3.05) is 11.4 Å². The van der Waals surface area contributed by atoms with Gasteiger partial charge >= 0.3 is 0 Å². The molecule has 0 bridgehead atoms. The summed E-state index contributed by atoms with van der Waals surface area (Å²) < 4.78 is 5.90. The van der Waals surface area contributed by atoms with Crippen molar-refractivity contribution in [3.05, 3.63) is 41.8 Å². The number of benzene rings is 1. The van der Waals surface area contributed by atoms with Crippen LogP contribution >= 0.6 is 0 Å². The third-order valence-corrected chi connectivity index (χ3v) is 3.08. The Hall–Kier alpha value is -1.44. The molecule has 0 radical (unpaired) electrons. The molecule has 2 heteroatoms. The Bertz CT molecular complexity index is 457. The zero-order valence-corrected chi connectivity index (χ0v) is 11.9. The average Bonchev–Trinajstić information content (AvgIpc) is 2.25. The van der Waals surface area contributed by atoms with Crippen molar-refractivity contribution in [3.63, 3.8) is 0 Å². The van der Waals surface area contributed by atoms with Gasteiger partial charge in [-0.15, -0.1) is 0 Å². The molecule has 1 aliphatic rings. The summed E-state index contributed by atoms with van der Waals surface area (Å²) in [6.07, 6.45) is 2.30. The molecule has 0 N–H and O–H groups in total. The molecule has 0 saturated heterocycles. The smallest absolute Gasteiger partial charge is 0.186 e. The lowest BCUT2D eigenvalue weighted by Crippen LogP contribution is -2.33. The number of fused-ring (bicyclic) bond motifs is 1. The Morgan fingerprint density at radius 3 is 2.72 bits per heavy atom. The number of aryl methyl sites for hydroxylation is 2. The maximum Gasteiger partial charge on any atom is 0.186 e. The van der Waals surface area contributed by atoms with Gasteiger partial charge in [-0.3, -0.25) is 0 Å². The predicted molar refractivity (Wildman–Crippen MR) is 76.8 cm³/mol. The average molecular weight is 245 g/mol. The fourth-order valence-electron chi connectivity index (χ4n) is 2.39. The summed E-state index contributed by atoms with van der Waals surface area (Å²) in [7, 11) is 0. The van der Waals surface area contributed by atoms with E-state index in [9.17, 15) is 0 Å². The molecular formula is C16H23NO. The molecular weight excluding hydrogens is 222 g/mol. The molecule has 0 aliphatic carbocycles. The van der Waals surface area contributed by atoms with E-state index >= 15 is 0 Å². The van der Waals surface area contributed by atoms with Crippen LogP contribution < -0.4 is 4.90 Å². The summed E-state index contributed by atoms with van der Waals surface area (Å²) in [6, 6.07) is 6.61. The summed E-state index contributed by atoms with van der Waals surface area (Å²) in [6.45, 7) is 13.4. The fraction of sp³-hybridized carbons (Fsp3) is 0.500. The lowest BCUT2D eigenvalue weighted by atomic mass is 10.00. The third kappa shape index (κ3) is 2.87. The van der Waals surface area contributed by atoms with E-state index < -0.39 is 0 Å². The van der Waals surface area contributed by atoms with Gasteiger partial charge in [-0.05, 0) is 58.7 Å². The zero-order chi connectivity index (χ0) is 13.3. The molecule has 1 aliphatic heterocycles. The van der Waals surface area contributed by atoms with Crippen molar-refractivity contribution < 1.29 is 4.74 Å². The highest BCUT2D eigenvalue weighted by atomic mass is 16.5. The second-order valence-corrected chi connectivity index (χ2v) is 6.00. The summed E-state index contributed by atoms with van der Waals surface area (Å²) in [5.74, 6) is 0.757. The molecule has 2 rings (SSSR count). The van der Waals surface area contributed by atoms with Crippen LogP contribution in [0.2, 0.25) is 0 Å². The highest BCUT2D eigenvalue weighted by Crippen LogP contribution is 2.31. The summed E-state index contributed by atoms with van der Waals surface area (Å²) >= 11 is 0. The molecule has 0 saturated carbocycles. The van der Waals surface area contributed by atoms with Gasteiger partial charge in [0.1, 0.15) is 5.60 Å². The normalized spacial score (nSPS) is 15.2. The standard InChI is InChI=1S/C16H23NO/c1-12-8-9-15-14(11-12)7-6-10-17(15)13(2)18-16(3,4)5/h8-9,11H,2,6-7,10H2,1,3-5H3. The van der Waals surface area contributed by atoms with Gasteiger partial charge < -0.3 is 9.64 Å². The van der Waals surface area contributed by atoms with Gasteiger partial charge in [0.05, 0.1) is 0 Å². The molecule has 1 heterocycles. The maximum atomic E-state index is 5.90. The predicted octanol–water partition coefficient (Wildman–Crippen LogP) is 4.03. The number of ether oxygens (including phenoxy) is 1. The quantitative estimate of drug-likeness (QED) is 0.729. The van der Waals surface area contributed by atoms with Crippen molar-refractivity contribution in [1.82, 2.24) is 0 Å². The summed E-state index contributed by atoms with van der Waals surface area (Å²) in [5, 5.41) is 0. The monoisotopic (exact) mass is 245 g/mol. The van der Waals surface area contributed by atoms with E-state index in [2.05, 4.69) is 57.4 Å². The van der Waals surface area contributed by atoms with Gasteiger partial charge in [-0.2, -0.15) is 0 Å². The van der Waals surface area contributed by atoms with Crippen molar-refractivity contribution >= 4 is 5.69 Å². The highest BCUT2D eigenvalue weighted by molar-refractivity contribution is 5.59. The van der Waals surface area contributed by atoms with Crippen LogP contribution in [0.4, 0.5) is 5.69 Å². The summed E-state index contributed by atoms with van der Waals surface area (Å²) in [5.41, 5.74) is 3.78. The first-order valence-electron chi connectivity index (χ1n) is 6.62. The topological polar surface area (TPSA) is 12.5 Å². The maximum absolute atomic E-state index is 5.90. The van der Waals surface area contributed by atoms with Crippen molar-refractivity contribution in [2.24, 2.45) is 0 Å². The van der Waals surface area contributed by atoms with Crippen LogP contribution in [0, 0.1) is 6.92 Å². The third-order valence-electron chi connectivity index (χ3n) is 3.08. The number of rotatable bonds is 2. The van der Waals surface area contributed by atoms with E-state index in [1.165, 1.54) is 16.8 Å². The Kier molecular flexibility index (Phi) is 3.38. The Balaban J connectivity index is 2.25. The molecule has 98 valence electrons. The molecule has 0 spiro atoms. The lowest BCUT2D eigenvalue weighted by Gasteiger charge is -2.35. The van der Waals surface area contributed by atoms with Gasteiger partial charge in [0.15, 0.2) is 5.88 Å². The molecule has 0 atom stereocenters. The van der Waals surface area contributed by atoms with E-state index in [-0.39, 0.29) is 5.60 Å². The van der Waals surface area contributed by atoms with Gasteiger partial charge in [-0.1, -0.05) is 17.7 Å². The minimum absolute atomic E-state index is 0.195. The van der Waals surface area contributed by atoms with Crippen LogP contribution in [0.25, 0.3) is 0 Å². The minimum atomic E-state index is -0.195. The Labute approximate surface area is 110 Å². The number of hydrogen-bond acceptors (Lipinski definition) is 2. The van der Waals surface area contributed by atoms with Gasteiger partial charge in [-0.25, -0.2) is 0 Å². The molecule has 1 aromatic rings. The zero-order valence-electron chi connectivity index (χ0n) is 11.9. The van der Waals surface area contributed by atoms with Crippen LogP contribution in [-0.2, 0) is 11.2 Å². The van der Waals surface area contributed by atoms with Crippen molar-refractivity contribution in [1.29, 1.82) is 0 Å². The minimum Gasteiger partial charge on any atom is -0.474 e. The molecule has 0 fully saturated rings. The van der Waals surface area contributed by atoms with E-state index in [0.717, 1.165) is 25.3 Å². The Morgan fingerprint density at radius 1 is 1.33 bits per heavy atom. The highest BCUT2D eigenvalue weighted by Gasteiger charge is 2.22. The molecule has 0 unspecified atom stereocenters. The lowest BCUT2D eigenvalue weighted by molar-refractivity contribution is 0.0486. The van der Waals surface area contributed by atoms with Crippen LogP contribution in [0.1, 0.15) is 38.3 Å². The molecule has 0 amide bonds. The van der Waals surface area contributed by atoms with Crippen molar-refractivity contribution in [3.8, 4) is 0 Å². The van der Waals surface area contributed by atoms with E-state index in [1.807, 2.05) is 0 Å². The van der Waals surface area contributed by atoms with E-state index in [0.29, 0.717) is 0 Å². The van der Waals surface area contributed by atoms with Crippen LogP contribution in [0.15, 0.2) is 30.7 Å². The van der Waals surface area contributed by atoms with E-state index in [4.69, 9.17) is 4.74 Å². The number of nitrogens with zero attached hydrogens (tertiary/aromatic N) is 1. The fourth-order valence-corrected chi connectivity index (χ4v) is 2.39. The van der Waals surface area contributed by atoms with Gasteiger partial charge in [0.2, 0.25) is 0 Å². The second kappa shape index (κ2) is 4.68.